The summed E-state index contributed by atoms with van der Waals surface area (Å²) in [4.78, 5) is 8.92. The number of hydrogen-bond donors (Lipinski definition) is 0. The molecular weight excluding hydrogens is 434 g/mol. The molecule has 170 valence electrons. The summed E-state index contributed by atoms with van der Waals surface area (Å²) >= 11 is 0. The number of pyridine rings is 1. The maximum atomic E-state index is 14.4. The van der Waals surface area contributed by atoms with E-state index in [0.29, 0.717) is 12.0 Å². The van der Waals surface area contributed by atoms with Gasteiger partial charge in [-0.15, -0.1) is 10.2 Å². The van der Waals surface area contributed by atoms with Crippen molar-refractivity contribution >= 4 is 5.76 Å². The summed E-state index contributed by atoms with van der Waals surface area (Å²) in [6.45, 7) is 3.86. The van der Waals surface area contributed by atoms with Gasteiger partial charge in [0, 0.05) is 11.8 Å². The lowest BCUT2D eigenvalue weighted by Crippen LogP contribution is -2.45. The first-order valence-corrected chi connectivity index (χ1v) is 9.09. The highest BCUT2D eigenvalue weighted by molar-refractivity contribution is 5.62. The van der Waals surface area contributed by atoms with Crippen LogP contribution in [0, 0.1) is 11.7 Å². The van der Waals surface area contributed by atoms with E-state index in [0.717, 1.165) is 12.3 Å². The molecule has 0 saturated carbocycles. The van der Waals surface area contributed by atoms with Crippen LogP contribution >= 0.6 is 0 Å². The predicted octanol–water partition coefficient (Wildman–Crippen LogP) is 5.04. The number of nitrogens with zero attached hydrogens (tertiary/aromatic N) is 4. The van der Waals surface area contributed by atoms with Gasteiger partial charge in [0.25, 0.3) is 12.0 Å². The molecule has 0 spiro atoms. The van der Waals surface area contributed by atoms with Crippen molar-refractivity contribution in [1.82, 2.24) is 10.0 Å². The normalized spacial score (nSPS) is 19.7. The fourth-order valence-corrected chi connectivity index (χ4v) is 2.41. The predicted molar refractivity (Wildman–Crippen MR) is 93.7 cm³/mol. The van der Waals surface area contributed by atoms with E-state index < -0.39 is 36.3 Å². The van der Waals surface area contributed by atoms with Crippen LogP contribution < -0.4 is 4.74 Å². The van der Waals surface area contributed by atoms with Crippen LogP contribution in [-0.4, -0.2) is 41.2 Å². The molecule has 1 aromatic rings. The number of hydrogen-bond acceptors (Lipinski definition) is 7. The summed E-state index contributed by atoms with van der Waals surface area (Å²) in [5, 5.41) is 7.79. The number of allylic oxidation sites excluding steroid dienone is 2. The summed E-state index contributed by atoms with van der Waals surface area (Å²) in [6, 6.07) is 0.808. The molecule has 13 heteroatoms. The molecule has 0 radical (unpaired) electrons. The molecule has 1 unspecified atom stereocenters. The fourth-order valence-electron chi connectivity index (χ4n) is 2.41. The number of fused-ring (bicyclic) bond motifs is 1. The molecule has 1 aromatic heterocycles. The first-order chi connectivity index (χ1) is 14.4. The van der Waals surface area contributed by atoms with Crippen LogP contribution in [0.5, 0.6) is 5.88 Å². The summed E-state index contributed by atoms with van der Waals surface area (Å²) in [7, 11) is 0. The van der Waals surface area contributed by atoms with E-state index in [2.05, 4.69) is 24.7 Å². The van der Waals surface area contributed by atoms with Gasteiger partial charge >= 0.3 is 12.3 Å². The van der Waals surface area contributed by atoms with E-state index in [1.807, 2.05) is 0 Å². The standard InChI is InChI=1S/C18H18F6N4O3/c1-9(2)8-29-18(23,24)16-27-26-14-5-4-13(31-28(14)16)11-6-12(19)15(25-7-11)30-10(3)17(20,21)22/h4-7,9-10,16H,8H2,1-3H3/t10-,16?/m0/s1. The Morgan fingerprint density at radius 3 is 2.48 bits per heavy atom. The minimum absolute atomic E-state index is 0.0307. The van der Waals surface area contributed by atoms with Crippen LogP contribution in [0.3, 0.4) is 0 Å². The minimum Gasteiger partial charge on any atom is -0.463 e. The lowest BCUT2D eigenvalue weighted by molar-refractivity contribution is -0.298. The number of alkyl halides is 5. The van der Waals surface area contributed by atoms with Crippen LogP contribution in [0.15, 0.2) is 40.5 Å². The third-order valence-corrected chi connectivity index (χ3v) is 4.05. The van der Waals surface area contributed by atoms with Crippen LogP contribution in [0.25, 0.3) is 5.76 Å². The second kappa shape index (κ2) is 8.36. The molecule has 7 nitrogen and oxygen atoms in total. The molecule has 0 aromatic carbocycles. The molecule has 0 saturated heterocycles. The molecule has 0 bridgehead atoms. The van der Waals surface area contributed by atoms with Gasteiger partial charge in [0.2, 0.25) is 0 Å². The van der Waals surface area contributed by atoms with Gasteiger partial charge in [-0.2, -0.15) is 27.0 Å². The topological polar surface area (TPSA) is 68.5 Å². The monoisotopic (exact) mass is 452 g/mol. The van der Waals surface area contributed by atoms with Crippen LogP contribution in [0.2, 0.25) is 0 Å². The van der Waals surface area contributed by atoms with Gasteiger partial charge in [0.05, 0.1) is 6.61 Å². The van der Waals surface area contributed by atoms with Crippen molar-refractivity contribution < 1.29 is 40.7 Å². The lowest BCUT2D eigenvalue weighted by Gasteiger charge is -2.31. The van der Waals surface area contributed by atoms with Crippen molar-refractivity contribution in [3.05, 3.63) is 41.6 Å². The van der Waals surface area contributed by atoms with Crippen LogP contribution in [-0.2, 0) is 9.57 Å². The van der Waals surface area contributed by atoms with E-state index in [1.54, 1.807) is 13.8 Å². The highest BCUT2D eigenvalue weighted by atomic mass is 19.4. The number of aromatic nitrogens is 1. The summed E-state index contributed by atoms with van der Waals surface area (Å²) < 4.78 is 89.9. The zero-order valence-electron chi connectivity index (χ0n) is 16.5. The van der Waals surface area contributed by atoms with Crippen molar-refractivity contribution in [2.24, 2.45) is 16.1 Å². The third kappa shape index (κ3) is 5.09. The number of halogens is 6. The highest BCUT2D eigenvalue weighted by Gasteiger charge is 2.51. The molecule has 0 aliphatic carbocycles. The van der Waals surface area contributed by atoms with Crippen molar-refractivity contribution in [3.63, 3.8) is 0 Å². The Hall–Kier alpha value is -2.83. The van der Waals surface area contributed by atoms with Crippen molar-refractivity contribution in [2.45, 2.75) is 45.3 Å². The fraction of sp³-hybridized carbons (Fsp3) is 0.500. The second-order valence-electron chi connectivity index (χ2n) is 7.14. The van der Waals surface area contributed by atoms with E-state index in [-0.39, 0.29) is 29.7 Å². The second-order valence-corrected chi connectivity index (χ2v) is 7.14. The Balaban J connectivity index is 1.76. The van der Waals surface area contributed by atoms with E-state index in [1.165, 1.54) is 12.2 Å². The molecule has 3 rings (SSSR count). The van der Waals surface area contributed by atoms with Crippen molar-refractivity contribution in [1.29, 1.82) is 0 Å². The van der Waals surface area contributed by atoms with E-state index in [4.69, 9.17) is 4.84 Å². The Bertz CT molecular complexity index is 916. The quantitative estimate of drug-likeness (QED) is 0.543. The summed E-state index contributed by atoms with van der Waals surface area (Å²) in [6.07, 6.45) is -9.06. The van der Waals surface area contributed by atoms with Crippen LogP contribution in [0.1, 0.15) is 26.3 Å². The highest BCUT2D eigenvalue weighted by Crippen LogP contribution is 2.38. The van der Waals surface area contributed by atoms with Gasteiger partial charge in [-0.1, -0.05) is 13.8 Å². The molecule has 2 aliphatic heterocycles. The van der Waals surface area contributed by atoms with Crippen molar-refractivity contribution in [2.75, 3.05) is 6.61 Å². The number of rotatable bonds is 7. The Kier molecular flexibility index (Phi) is 6.16. The van der Waals surface area contributed by atoms with Gasteiger partial charge < -0.3 is 14.3 Å². The summed E-state index contributed by atoms with van der Waals surface area (Å²) in [5.74, 6) is -2.35. The lowest BCUT2D eigenvalue weighted by atomic mass is 10.2. The molecule has 0 fully saturated rings. The van der Waals surface area contributed by atoms with Gasteiger partial charge in [0.15, 0.2) is 23.5 Å². The average Bonchev–Trinajstić information content (AvgIpc) is 3.11. The molecule has 31 heavy (non-hydrogen) atoms. The van der Waals surface area contributed by atoms with Gasteiger partial charge in [0.1, 0.15) is 0 Å². The first-order valence-electron chi connectivity index (χ1n) is 9.09. The average molecular weight is 452 g/mol. The van der Waals surface area contributed by atoms with Gasteiger partial charge in [-0.25, -0.2) is 9.37 Å². The van der Waals surface area contributed by atoms with Crippen molar-refractivity contribution in [3.8, 4) is 5.88 Å². The zero-order valence-corrected chi connectivity index (χ0v) is 16.5. The maximum absolute atomic E-state index is 14.4. The molecule has 0 amide bonds. The molecule has 2 aliphatic rings. The molecule has 3 heterocycles. The largest absolute Gasteiger partial charge is 0.463 e. The third-order valence-electron chi connectivity index (χ3n) is 4.05. The molecule has 0 N–H and O–H groups in total. The minimum atomic E-state index is -4.70. The first kappa shape index (κ1) is 22.8. The molecule has 2 atom stereocenters. The Morgan fingerprint density at radius 2 is 1.87 bits per heavy atom. The SMILES string of the molecule is CC(C)COC(F)(F)C1N=NC2=CC=C(c3cnc(O[C@@H](C)C(F)(F)F)c(F)c3)ON21. The van der Waals surface area contributed by atoms with Gasteiger partial charge in [-0.3, -0.25) is 0 Å². The zero-order chi connectivity index (χ0) is 23.0. The number of azo groups is 1. The van der Waals surface area contributed by atoms with Crippen LogP contribution in [0.4, 0.5) is 26.3 Å². The smallest absolute Gasteiger partial charge is 0.425 e. The maximum Gasteiger partial charge on any atom is 0.425 e. The molecular formula is C18H18F6N4O3. The number of hydroxylamine groups is 2. The van der Waals surface area contributed by atoms with E-state index in [9.17, 15) is 26.3 Å². The number of ether oxygens (including phenoxy) is 2. The van der Waals surface area contributed by atoms with E-state index >= 15 is 0 Å². The Labute approximate surface area is 172 Å². The van der Waals surface area contributed by atoms with Gasteiger partial charge in [-0.05, 0) is 31.1 Å². The summed E-state index contributed by atoms with van der Waals surface area (Å²) in [5.41, 5.74) is -0.0307. The Morgan fingerprint density at radius 1 is 1.16 bits per heavy atom.